The molecule has 2 aromatic carbocycles. The van der Waals surface area contributed by atoms with Crippen LogP contribution in [0.5, 0.6) is 0 Å². The van der Waals surface area contributed by atoms with Crippen molar-refractivity contribution in [3.8, 4) is 0 Å². The Morgan fingerprint density at radius 3 is 2.20 bits per heavy atom. The van der Waals surface area contributed by atoms with Crippen molar-refractivity contribution in [1.82, 2.24) is 0 Å². The van der Waals surface area contributed by atoms with Crippen molar-refractivity contribution in [2.75, 3.05) is 0 Å². The maximum absolute atomic E-state index is 10.2. The molecule has 2 nitrogen and oxygen atoms in total. The van der Waals surface area contributed by atoms with Gasteiger partial charge < -0.3 is 5.53 Å². The van der Waals surface area contributed by atoms with Crippen molar-refractivity contribution in [2.45, 2.75) is 30.2 Å². The summed E-state index contributed by atoms with van der Waals surface area (Å²) in [7, 11) is -0.318. The molecule has 2 heterocycles. The predicted octanol–water partition coefficient (Wildman–Crippen LogP) is 4.39. The number of nitrogens with zero attached hydrogens (tertiary/aromatic N) is 2. The molecule has 4 rings (SSSR count). The molecule has 2 fully saturated rings. The summed E-state index contributed by atoms with van der Waals surface area (Å²) in [6.45, 7) is 0. The van der Waals surface area contributed by atoms with Gasteiger partial charge in [-0.3, -0.25) is 4.47 Å². The fraction of sp³-hybridized carbons (Fsp3) is 0.294. The molecule has 0 bridgehead atoms. The summed E-state index contributed by atoms with van der Waals surface area (Å²) >= 11 is 0. The Morgan fingerprint density at radius 2 is 1.60 bits per heavy atom. The van der Waals surface area contributed by atoms with Gasteiger partial charge in [-0.15, -0.1) is 0 Å². The number of benzene rings is 2. The van der Waals surface area contributed by atoms with Gasteiger partial charge in [-0.2, -0.15) is 0 Å². The van der Waals surface area contributed by atoms with Crippen molar-refractivity contribution in [1.29, 1.82) is 0 Å². The van der Waals surface area contributed by atoms with Gasteiger partial charge in [-0.25, -0.2) is 0 Å². The molecule has 3 unspecified atom stereocenters. The zero-order valence-corrected chi connectivity index (χ0v) is 12.2. The van der Waals surface area contributed by atoms with E-state index in [9.17, 15) is 5.53 Å². The predicted molar refractivity (Wildman–Crippen MR) is 82.0 cm³/mol. The van der Waals surface area contributed by atoms with E-state index in [1.165, 1.54) is 11.1 Å². The van der Waals surface area contributed by atoms with Gasteiger partial charge in [0.05, 0.1) is 5.66 Å². The molecule has 2 aliphatic rings. The lowest BCUT2D eigenvalue weighted by Crippen LogP contribution is -2.30. The van der Waals surface area contributed by atoms with Crippen LogP contribution in [0, 0.1) is 0 Å². The van der Waals surface area contributed by atoms with Crippen LogP contribution in [0.2, 0.25) is 0 Å². The van der Waals surface area contributed by atoms with Crippen LogP contribution >= 0.6 is 8.07 Å². The molecule has 0 spiro atoms. The highest BCUT2D eigenvalue weighted by atomic mass is 31.1. The lowest BCUT2D eigenvalue weighted by molar-refractivity contribution is -0.351. The van der Waals surface area contributed by atoms with Gasteiger partial charge in [0.1, 0.15) is 0 Å². The zero-order valence-electron chi connectivity index (χ0n) is 11.3. The summed E-state index contributed by atoms with van der Waals surface area (Å²) in [6.07, 6.45) is 3.25. The Kier molecular flexibility index (Phi) is 2.75. The molecule has 2 aromatic rings. The number of hydrogen-bond donors (Lipinski definition) is 0. The van der Waals surface area contributed by atoms with E-state index in [1.807, 2.05) is 6.07 Å². The van der Waals surface area contributed by atoms with Gasteiger partial charge >= 0.3 is 0 Å². The van der Waals surface area contributed by atoms with Gasteiger partial charge in [-0.05, 0) is 17.5 Å². The Labute approximate surface area is 120 Å². The molecule has 2 aliphatic heterocycles. The summed E-state index contributed by atoms with van der Waals surface area (Å²) in [5.74, 6) is 0. The molecular formula is C17H17N2P. The first kappa shape index (κ1) is 12.2. The number of rotatable bonds is 4. The van der Waals surface area contributed by atoms with Crippen LogP contribution in [0.4, 0.5) is 0 Å². The molecule has 20 heavy (non-hydrogen) atoms. The molecule has 0 radical (unpaired) electrons. The fourth-order valence-corrected chi connectivity index (χ4v) is 6.66. The van der Waals surface area contributed by atoms with E-state index < -0.39 is 0 Å². The summed E-state index contributed by atoms with van der Waals surface area (Å²) in [6, 6.07) is 21.2. The average molecular weight is 280 g/mol. The van der Waals surface area contributed by atoms with E-state index in [-0.39, 0.29) is 13.4 Å². The number of hydrogen-bond acceptors (Lipinski definition) is 0. The lowest BCUT2D eigenvalue weighted by atomic mass is 9.98. The Hall–Kier alpha value is -1.53. The van der Waals surface area contributed by atoms with Gasteiger partial charge in [-0.1, -0.05) is 60.7 Å². The normalized spacial score (nSPS) is 30.5. The van der Waals surface area contributed by atoms with Crippen LogP contribution in [0.1, 0.15) is 17.5 Å². The summed E-state index contributed by atoms with van der Waals surface area (Å²) < 4.78 is 1.67. The second kappa shape index (κ2) is 4.49. The van der Waals surface area contributed by atoms with Crippen LogP contribution in [0.15, 0.2) is 60.7 Å². The first-order valence-corrected chi connectivity index (χ1v) is 8.52. The van der Waals surface area contributed by atoms with Crippen molar-refractivity contribution in [3.63, 3.8) is 0 Å². The molecule has 0 amide bonds. The molecule has 0 aliphatic carbocycles. The Bertz CT molecular complexity index is 641. The standard InChI is InChI=1S/C17H17N2P/c18-19-17(12-15-9-5-2-6-10-15)13-16(20(17)19)11-14-7-3-1-4-8-14/h1-10,16H,11-13H2. The third-order valence-electron chi connectivity index (χ3n) is 4.52. The average Bonchev–Trinajstić information content (AvgIpc) is 2.93. The minimum atomic E-state index is -0.318. The Balaban J connectivity index is 1.44. The van der Waals surface area contributed by atoms with Crippen molar-refractivity contribution >= 4 is 8.07 Å². The van der Waals surface area contributed by atoms with E-state index >= 15 is 0 Å². The quantitative estimate of drug-likeness (QED) is 0.586. The zero-order chi connectivity index (χ0) is 13.6. The van der Waals surface area contributed by atoms with Crippen LogP contribution in [-0.4, -0.2) is 15.4 Å². The smallest absolute Gasteiger partial charge is 0.247 e. The van der Waals surface area contributed by atoms with Crippen molar-refractivity contribution < 1.29 is 4.47 Å². The van der Waals surface area contributed by atoms with E-state index in [1.54, 1.807) is 4.47 Å². The van der Waals surface area contributed by atoms with Crippen LogP contribution in [0.25, 0.3) is 5.53 Å². The number of fused-ring (bicyclic) bond motifs is 1. The third kappa shape index (κ3) is 1.83. The summed E-state index contributed by atoms with van der Waals surface area (Å²) in [5.41, 5.74) is 13.6. The van der Waals surface area contributed by atoms with Crippen molar-refractivity contribution in [2.24, 2.45) is 0 Å². The van der Waals surface area contributed by atoms with Crippen LogP contribution in [0.3, 0.4) is 0 Å². The first-order chi connectivity index (χ1) is 9.79. The Morgan fingerprint density at radius 1 is 1.00 bits per heavy atom. The highest BCUT2D eigenvalue weighted by Crippen LogP contribution is 2.85. The SMILES string of the molecule is [N-]=[N+]1P2C(Cc3ccccc3)CC12Cc1ccccc1. The van der Waals surface area contributed by atoms with E-state index in [4.69, 9.17) is 0 Å². The van der Waals surface area contributed by atoms with Gasteiger partial charge in [0.2, 0.25) is 13.4 Å². The van der Waals surface area contributed by atoms with Gasteiger partial charge in [0, 0.05) is 12.8 Å². The molecule has 3 atom stereocenters. The highest BCUT2D eigenvalue weighted by Gasteiger charge is 2.80. The van der Waals surface area contributed by atoms with E-state index in [0.717, 1.165) is 19.3 Å². The van der Waals surface area contributed by atoms with Crippen LogP contribution < -0.4 is 0 Å². The molecule has 100 valence electrons. The van der Waals surface area contributed by atoms with Gasteiger partial charge in [0.25, 0.3) is 0 Å². The molecule has 0 N–H and O–H groups in total. The summed E-state index contributed by atoms with van der Waals surface area (Å²) in [5, 5.41) is 0.107. The topological polar surface area (TPSA) is 25.3 Å². The van der Waals surface area contributed by atoms with E-state index in [2.05, 4.69) is 54.6 Å². The molecule has 2 saturated heterocycles. The largest absolute Gasteiger partial charge is 0.505 e. The fourth-order valence-electron chi connectivity index (χ4n) is 3.50. The molecular weight excluding hydrogens is 263 g/mol. The molecule has 3 heteroatoms. The van der Waals surface area contributed by atoms with E-state index in [0.29, 0.717) is 5.66 Å². The first-order valence-electron chi connectivity index (χ1n) is 7.16. The summed E-state index contributed by atoms with van der Waals surface area (Å²) in [4.78, 5) is 0. The highest BCUT2D eigenvalue weighted by molar-refractivity contribution is 7.61. The monoisotopic (exact) mass is 280 g/mol. The van der Waals surface area contributed by atoms with Gasteiger partial charge in [0.15, 0.2) is 0 Å². The third-order valence-corrected chi connectivity index (χ3v) is 7.56. The maximum Gasteiger partial charge on any atom is 0.247 e. The molecule has 0 aromatic heterocycles. The maximum atomic E-state index is 10.2. The van der Waals surface area contributed by atoms with Crippen LogP contribution in [-0.2, 0) is 12.8 Å². The molecule has 0 saturated carbocycles. The minimum Gasteiger partial charge on any atom is -0.505 e. The second-order valence-corrected chi connectivity index (χ2v) is 8.46. The minimum absolute atomic E-state index is 0.107. The van der Waals surface area contributed by atoms with Crippen molar-refractivity contribution in [3.05, 3.63) is 77.3 Å². The second-order valence-electron chi connectivity index (χ2n) is 5.83. The lowest BCUT2D eigenvalue weighted by Gasteiger charge is -2.22.